The van der Waals surface area contributed by atoms with Gasteiger partial charge in [0, 0.05) is 10.6 Å². The summed E-state index contributed by atoms with van der Waals surface area (Å²) in [6.45, 7) is 3.90. The molecule has 0 aliphatic carbocycles. The zero-order chi connectivity index (χ0) is 15.0. The molecule has 0 aliphatic rings. The number of thiophene rings is 1. The van der Waals surface area contributed by atoms with Crippen LogP contribution in [-0.4, -0.2) is 14.7 Å². The molecule has 2 unspecified atom stereocenters. The predicted molar refractivity (Wildman–Crippen MR) is 87.5 cm³/mol. The molecule has 3 N–H and O–H groups in total. The van der Waals surface area contributed by atoms with Gasteiger partial charge in [-0.05, 0) is 43.0 Å². The molecule has 0 fully saturated rings. The first-order valence-electron chi connectivity index (χ1n) is 7.10. The van der Waals surface area contributed by atoms with E-state index in [1.807, 2.05) is 18.2 Å². The highest BCUT2D eigenvalue weighted by Crippen LogP contribution is 2.33. The topological polar surface area (TPSA) is 64.1 Å². The lowest BCUT2D eigenvalue weighted by Gasteiger charge is -2.20. The summed E-state index contributed by atoms with van der Waals surface area (Å²) in [5.41, 5.74) is 8.39. The van der Waals surface area contributed by atoms with Gasteiger partial charge in [-0.2, -0.15) is 0 Å². The van der Waals surface area contributed by atoms with E-state index in [1.165, 1.54) is 4.88 Å². The number of nitrogens with zero attached hydrogens (tertiary/aromatic N) is 2. The highest BCUT2D eigenvalue weighted by molar-refractivity contribution is 7.10. The smallest absolute Gasteiger partial charge is 0.139 e. The van der Waals surface area contributed by atoms with Gasteiger partial charge in [-0.25, -0.2) is 4.98 Å². The van der Waals surface area contributed by atoms with E-state index in [4.69, 9.17) is 5.73 Å². The van der Waals surface area contributed by atoms with Crippen molar-refractivity contribution in [1.82, 2.24) is 9.55 Å². The summed E-state index contributed by atoms with van der Waals surface area (Å²) in [4.78, 5) is 5.86. The molecular weight excluding hydrogens is 282 g/mol. The van der Waals surface area contributed by atoms with Gasteiger partial charge in [0.1, 0.15) is 11.9 Å². The number of aliphatic hydroxyl groups excluding tert-OH is 1. The van der Waals surface area contributed by atoms with Crippen LogP contribution in [0.15, 0.2) is 35.7 Å². The number of nitrogen functional groups attached to an aromatic ring is 1. The normalized spacial score (nSPS) is 14.4. The number of hydrogen-bond donors (Lipinski definition) is 2. The molecule has 110 valence electrons. The van der Waals surface area contributed by atoms with Crippen molar-refractivity contribution >= 4 is 28.1 Å². The second kappa shape index (κ2) is 5.50. The molecule has 3 aromatic rings. The number of aromatic nitrogens is 2. The Hall–Kier alpha value is -1.85. The number of benzene rings is 1. The fourth-order valence-electron chi connectivity index (χ4n) is 2.75. The summed E-state index contributed by atoms with van der Waals surface area (Å²) in [7, 11) is 0. The van der Waals surface area contributed by atoms with Crippen LogP contribution in [0, 0.1) is 0 Å². The zero-order valence-corrected chi connectivity index (χ0v) is 13.0. The quantitative estimate of drug-likeness (QED) is 0.722. The van der Waals surface area contributed by atoms with Crippen LogP contribution < -0.4 is 5.73 Å². The van der Waals surface area contributed by atoms with E-state index < -0.39 is 6.10 Å². The maximum atomic E-state index is 10.1. The van der Waals surface area contributed by atoms with Crippen LogP contribution in [0.5, 0.6) is 0 Å². The lowest BCUT2D eigenvalue weighted by atomic mass is 10.1. The third kappa shape index (κ3) is 2.43. The molecule has 0 aliphatic heterocycles. The van der Waals surface area contributed by atoms with Crippen molar-refractivity contribution in [1.29, 1.82) is 0 Å². The summed E-state index contributed by atoms with van der Waals surface area (Å²) in [6, 6.07) is 10.1. The lowest BCUT2D eigenvalue weighted by Crippen LogP contribution is -2.13. The van der Waals surface area contributed by atoms with Gasteiger partial charge in [-0.15, -0.1) is 11.3 Å². The Morgan fingerprint density at radius 1 is 1.38 bits per heavy atom. The van der Waals surface area contributed by atoms with Gasteiger partial charge < -0.3 is 15.4 Å². The van der Waals surface area contributed by atoms with Crippen molar-refractivity contribution in [3.05, 3.63) is 46.4 Å². The number of rotatable bonds is 4. The van der Waals surface area contributed by atoms with E-state index in [2.05, 4.69) is 34.0 Å². The summed E-state index contributed by atoms with van der Waals surface area (Å²) in [5, 5.41) is 12.2. The zero-order valence-electron chi connectivity index (χ0n) is 12.2. The van der Waals surface area contributed by atoms with Crippen LogP contribution in [0.25, 0.3) is 11.0 Å². The minimum Gasteiger partial charge on any atom is -0.399 e. The van der Waals surface area contributed by atoms with E-state index in [0.29, 0.717) is 11.5 Å². The molecule has 0 amide bonds. The third-order valence-corrected chi connectivity index (χ3v) is 4.66. The molecule has 0 saturated heterocycles. The van der Waals surface area contributed by atoms with Crippen molar-refractivity contribution in [3.8, 4) is 0 Å². The lowest BCUT2D eigenvalue weighted by molar-refractivity contribution is 0.182. The van der Waals surface area contributed by atoms with Crippen molar-refractivity contribution in [2.75, 3.05) is 5.73 Å². The van der Waals surface area contributed by atoms with Crippen LogP contribution >= 0.6 is 11.3 Å². The molecule has 4 nitrogen and oxygen atoms in total. The van der Waals surface area contributed by atoms with Gasteiger partial charge in [0.15, 0.2) is 0 Å². The minimum absolute atomic E-state index is 0.184. The molecule has 0 radical (unpaired) electrons. The van der Waals surface area contributed by atoms with Crippen LogP contribution in [0.4, 0.5) is 5.69 Å². The van der Waals surface area contributed by atoms with Gasteiger partial charge >= 0.3 is 0 Å². The van der Waals surface area contributed by atoms with Gasteiger partial charge in [0.2, 0.25) is 0 Å². The molecule has 2 heterocycles. The standard InChI is InChI=1S/C16H19N3OS/c1-3-13(15-5-4-8-21-15)19-14-7-6-11(17)9-12(14)18-16(19)10(2)20/h4-10,13,20H,3,17H2,1-2H3. The van der Waals surface area contributed by atoms with E-state index in [0.717, 1.165) is 17.5 Å². The van der Waals surface area contributed by atoms with E-state index in [-0.39, 0.29) is 6.04 Å². The Balaban J connectivity index is 2.26. The molecule has 0 spiro atoms. The summed E-state index contributed by atoms with van der Waals surface area (Å²) in [6.07, 6.45) is 0.323. The number of aliphatic hydroxyl groups is 1. The van der Waals surface area contributed by atoms with Crippen molar-refractivity contribution in [3.63, 3.8) is 0 Å². The SMILES string of the molecule is CCC(c1cccs1)n1c(C(C)O)nc2cc(N)ccc21. The van der Waals surface area contributed by atoms with Crippen molar-refractivity contribution < 1.29 is 5.11 Å². The predicted octanol–water partition coefficient (Wildman–Crippen LogP) is 3.73. The van der Waals surface area contributed by atoms with Crippen LogP contribution in [0.1, 0.15) is 43.1 Å². The largest absolute Gasteiger partial charge is 0.399 e. The monoisotopic (exact) mass is 301 g/mol. The molecule has 0 bridgehead atoms. The molecule has 0 saturated carbocycles. The van der Waals surface area contributed by atoms with Gasteiger partial charge in [-0.3, -0.25) is 0 Å². The number of fused-ring (bicyclic) bond motifs is 1. The molecule has 5 heteroatoms. The average Bonchev–Trinajstić information content (AvgIpc) is 3.08. The van der Waals surface area contributed by atoms with Crippen LogP contribution in [0.2, 0.25) is 0 Å². The minimum atomic E-state index is -0.618. The third-order valence-electron chi connectivity index (χ3n) is 3.68. The van der Waals surface area contributed by atoms with Gasteiger partial charge in [-0.1, -0.05) is 13.0 Å². The number of hydrogen-bond acceptors (Lipinski definition) is 4. The molecular formula is C16H19N3OS. The number of nitrogens with two attached hydrogens (primary N) is 1. The first-order valence-corrected chi connectivity index (χ1v) is 7.98. The number of imidazole rings is 1. The second-order valence-corrected chi connectivity index (χ2v) is 6.18. The Morgan fingerprint density at radius 2 is 2.19 bits per heavy atom. The van der Waals surface area contributed by atoms with E-state index >= 15 is 0 Å². The molecule has 2 atom stereocenters. The summed E-state index contributed by atoms with van der Waals surface area (Å²) < 4.78 is 2.14. The number of anilines is 1. The van der Waals surface area contributed by atoms with Gasteiger partial charge in [0.25, 0.3) is 0 Å². The second-order valence-electron chi connectivity index (χ2n) is 5.20. The Bertz CT molecular complexity index is 746. The Morgan fingerprint density at radius 3 is 2.81 bits per heavy atom. The first-order chi connectivity index (χ1) is 10.1. The fourth-order valence-corrected chi connectivity index (χ4v) is 3.65. The van der Waals surface area contributed by atoms with E-state index in [9.17, 15) is 5.11 Å². The maximum Gasteiger partial charge on any atom is 0.139 e. The van der Waals surface area contributed by atoms with E-state index in [1.54, 1.807) is 18.3 Å². The Kier molecular flexibility index (Phi) is 3.69. The molecule has 3 rings (SSSR count). The summed E-state index contributed by atoms with van der Waals surface area (Å²) >= 11 is 1.73. The molecule has 21 heavy (non-hydrogen) atoms. The molecule has 1 aromatic carbocycles. The van der Waals surface area contributed by atoms with Crippen molar-refractivity contribution in [2.24, 2.45) is 0 Å². The summed E-state index contributed by atoms with van der Waals surface area (Å²) in [5.74, 6) is 0.691. The maximum absolute atomic E-state index is 10.1. The van der Waals surface area contributed by atoms with Crippen LogP contribution in [-0.2, 0) is 0 Å². The van der Waals surface area contributed by atoms with Gasteiger partial charge in [0.05, 0.1) is 17.1 Å². The molecule has 2 aromatic heterocycles. The fraction of sp³-hybridized carbons (Fsp3) is 0.312. The highest BCUT2D eigenvalue weighted by atomic mass is 32.1. The average molecular weight is 301 g/mol. The van der Waals surface area contributed by atoms with Crippen LogP contribution in [0.3, 0.4) is 0 Å². The first kappa shape index (κ1) is 14.1. The van der Waals surface area contributed by atoms with Crippen molar-refractivity contribution in [2.45, 2.75) is 32.4 Å². The highest BCUT2D eigenvalue weighted by Gasteiger charge is 2.22. The Labute approximate surface area is 127 Å².